The largest absolute Gasteiger partial charge is 0.314 e. The molecular formula is C14H24N2. The van der Waals surface area contributed by atoms with Gasteiger partial charge in [-0.1, -0.05) is 44.7 Å². The fourth-order valence-corrected chi connectivity index (χ4v) is 1.63. The van der Waals surface area contributed by atoms with Crippen LogP contribution in [0.1, 0.15) is 13.8 Å². The van der Waals surface area contributed by atoms with E-state index < -0.39 is 0 Å². The Kier molecular flexibility index (Phi) is 5.50. The predicted octanol–water partition coefficient (Wildman–Crippen LogP) is 2.22. The number of nitrogens with zero attached hydrogens (tertiary/aromatic N) is 1. The van der Waals surface area contributed by atoms with E-state index in [4.69, 9.17) is 0 Å². The Labute approximate surface area is 99.7 Å². The number of piperazine rings is 1. The van der Waals surface area contributed by atoms with Gasteiger partial charge in [0.25, 0.3) is 0 Å². The molecule has 0 atom stereocenters. The first-order chi connectivity index (χ1) is 7.59. The molecule has 90 valence electrons. The van der Waals surface area contributed by atoms with E-state index in [2.05, 4.69) is 49.4 Å². The van der Waals surface area contributed by atoms with Gasteiger partial charge in [0.1, 0.15) is 0 Å². The first kappa shape index (κ1) is 13.2. The third-order valence-electron chi connectivity index (χ3n) is 2.91. The molecule has 0 aromatic rings. The maximum absolute atomic E-state index is 4.09. The Morgan fingerprint density at radius 2 is 1.88 bits per heavy atom. The average Bonchev–Trinajstić information content (AvgIpc) is 2.27. The van der Waals surface area contributed by atoms with Gasteiger partial charge in [0.05, 0.1) is 0 Å². The second kappa shape index (κ2) is 6.66. The van der Waals surface area contributed by atoms with Crippen LogP contribution in [0.4, 0.5) is 0 Å². The molecular weight excluding hydrogens is 196 g/mol. The van der Waals surface area contributed by atoms with E-state index in [1.807, 2.05) is 0 Å². The van der Waals surface area contributed by atoms with Crippen LogP contribution in [0, 0.1) is 5.92 Å². The molecule has 0 aromatic heterocycles. The van der Waals surface area contributed by atoms with Gasteiger partial charge in [-0.05, 0) is 11.5 Å². The molecule has 0 spiro atoms. The van der Waals surface area contributed by atoms with Crippen LogP contribution in [0.3, 0.4) is 0 Å². The van der Waals surface area contributed by atoms with Crippen molar-refractivity contribution in [3.63, 3.8) is 0 Å². The lowest BCUT2D eigenvalue weighted by Gasteiger charge is -2.27. The van der Waals surface area contributed by atoms with E-state index in [0.717, 1.165) is 32.7 Å². The molecule has 0 amide bonds. The standard InChI is InChI=1S/C14H24N2/c1-12(2)14(4)6-5-13(3)11-16-9-7-15-8-10-16/h5-6,12,15H,3-4,7-11H2,1-2H3/b6-5-. The van der Waals surface area contributed by atoms with Crippen LogP contribution in [0.15, 0.2) is 36.5 Å². The van der Waals surface area contributed by atoms with Gasteiger partial charge >= 0.3 is 0 Å². The minimum Gasteiger partial charge on any atom is -0.314 e. The Hall–Kier alpha value is -0.860. The zero-order chi connectivity index (χ0) is 12.0. The number of hydrogen-bond acceptors (Lipinski definition) is 2. The molecule has 2 nitrogen and oxygen atoms in total. The molecule has 0 aliphatic carbocycles. The van der Waals surface area contributed by atoms with Gasteiger partial charge < -0.3 is 5.32 Å². The summed E-state index contributed by atoms with van der Waals surface area (Å²) >= 11 is 0. The number of hydrogen-bond donors (Lipinski definition) is 1. The highest BCUT2D eigenvalue weighted by molar-refractivity contribution is 5.26. The van der Waals surface area contributed by atoms with Gasteiger partial charge in [-0.3, -0.25) is 4.90 Å². The molecule has 2 heteroatoms. The fourth-order valence-electron chi connectivity index (χ4n) is 1.63. The second-order valence-electron chi connectivity index (χ2n) is 4.75. The van der Waals surface area contributed by atoms with Gasteiger partial charge in [0, 0.05) is 32.7 Å². The Balaban J connectivity index is 2.32. The normalized spacial score (nSPS) is 18.2. The van der Waals surface area contributed by atoms with E-state index in [9.17, 15) is 0 Å². The van der Waals surface area contributed by atoms with Crippen molar-refractivity contribution < 1.29 is 0 Å². The van der Waals surface area contributed by atoms with E-state index >= 15 is 0 Å². The molecule has 0 aromatic carbocycles. The zero-order valence-electron chi connectivity index (χ0n) is 10.6. The van der Waals surface area contributed by atoms with Crippen molar-refractivity contribution >= 4 is 0 Å². The lowest BCUT2D eigenvalue weighted by Crippen LogP contribution is -2.43. The quantitative estimate of drug-likeness (QED) is 0.715. The van der Waals surface area contributed by atoms with Crippen molar-refractivity contribution in [2.45, 2.75) is 13.8 Å². The Morgan fingerprint density at radius 1 is 1.25 bits per heavy atom. The fraction of sp³-hybridized carbons (Fsp3) is 0.571. The van der Waals surface area contributed by atoms with Crippen molar-refractivity contribution in [2.24, 2.45) is 5.92 Å². The maximum Gasteiger partial charge on any atom is 0.0228 e. The van der Waals surface area contributed by atoms with E-state index in [-0.39, 0.29) is 0 Å². The van der Waals surface area contributed by atoms with Crippen molar-refractivity contribution in [3.8, 4) is 0 Å². The third-order valence-corrected chi connectivity index (χ3v) is 2.91. The second-order valence-corrected chi connectivity index (χ2v) is 4.75. The lowest BCUT2D eigenvalue weighted by atomic mass is 10.0. The topological polar surface area (TPSA) is 15.3 Å². The zero-order valence-corrected chi connectivity index (χ0v) is 10.6. The molecule has 16 heavy (non-hydrogen) atoms. The molecule has 1 saturated heterocycles. The summed E-state index contributed by atoms with van der Waals surface area (Å²) in [5.41, 5.74) is 2.34. The van der Waals surface area contributed by atoms with E-state index in [1.165, 1.54) is 11.1 Å². The van der Waals surface area contributed by atoms with E-state index in [1.54, 1.807) is 0 Å². The number of rotatable bonds is 5. The highest BCUT2D eigenvalue weighted by Crippen LogP contribution is 2.09. The van der Waals surface area contributed by atoms with Gasteiger partial charge in [-0.2, -0.15) is 0 Å². The van der Waals surface area contributed by atoms with Gasteiger partial charge in [0.15, 0.2) is 0 Å². The average molecular weight is 220 g/mol. The molecule has 0 bridgehead atoms. The van der Waals surface area contributed by atoms with Crippen LogP contribution in [-0.2, 0) is 0 Å². The van der Waals surface area contributed by atoms with E-state index in [0.29, 0.717) is 5.92 Å². The molecule has 0 radical (unpaired) electrons. The number of allylic oxidation sites excluding steroid dienone is 2. The molecule has 1 rings (SSSR count). The summed E-state index contributed by atoms with van der Waals surface area (Å²) in [7, 11) is 0. The molecule has 1 aliphatic rings. The first-order valence-electron chi connectivity index (χ1n) is 6.07. The van der Waals surface area contributed by atoms with Crippen LogP contribution in [-0.4, -0.2) is 37.6 Å². The minimum absolute atomic E-state index is 0.517. The maximum atomic E-state index is 4.09. The Morgan fingerprint density at radius 3 is 2.44 bits per heavy atom. The summed E-state index contributed by atoms with van der Waals surface area (Å²) < 4.78 is 0. The Bertz CT molecular complexity index is 270. The van der Waals surface area contributed by atoms with Crippen LogP contribution < -0.4 is 5.32 Å². The molecule has 1 fully saturated rings. The molecule has 1 N–H and O–H groups in total. The summed E-state index contributed by atoms with van der Waals surface area (Å²) in [6, 6.07) is 0. The summed E-state index contributed by atoms with van der Waals surface area (Å²) in [5, 5.41) is 3.35. The molecule has 0 unspecified atom stereocenters. The summed E-state index contributed by atoms with van der Waals surface area (Å²) in [5.74, 6) is 0.517. The van der Waals surface area contributed by atoms with Crippen molar-refractivity contribution in [1.82, 2.24) is 10.2 Å². The van der Waals surface area contributed by atoms with Crippen molar-refractivity contribution in [3.05, 3.63) is 36.5 Å². The SMILES string of the molecule is C=C(/C=C\C(=C)C(C)C)CN1CCNCC1. The monoisotopic (exact) mass is 220 g/mol. The van der Waals surface area contributed by atoms with Gasteiger partial charge in [-0.25, -0.2) is 0 Å². The lowest BCUT2D eigenvalue weighted by molar-refractivity contribution is 0.261. The highest BCUT2D eigenvalue weighted by atomic mass is 15.2. The molecule has 0 saturated carbocycles. The summed E-state index contributed by atoms with van der Waals surface area (Å²) in [6.07, 6.45) is 4.19. The summed E-state index contributed by atoms with van der Waals surface area (Å²) in [4.78, 5) is 2.43. The van der Waals surface area contributed by atoms with Crippen LogP contribution >= 0.6 is 0 Å². The minimum atomic E-state index is 0.517. The smallest absolute Gasteiger partial charge is 0.0228 e. The third kappa shape index (κ3) is 4.77. The molecule has 1 heterocycles. The van der Waals surface area contributed by atoms with Crippen molar-refractivity contribution in [2.75, 3.05) is 32.7 Å². The first-order valence-corrected chi connectivity index (χ1v) is 6.07. The van der Waals surface area contributed by atoms with Gasteiger partial charge in [-0.15, -0.1) is 0 Å². The van der Waals surface area contributed by atoms with Crippen LogP contribution in [0.25, 0.3) is 0 Å². The van der Waals surface area contributed by atoms with Gasteiger partial charge in [0.2, 0.25) is 0 Å². The highest BCUT2D eigenvalue weighted by Gasteiger charge is 2.08. The number of nitrogens with one attached hydrogen (secondary N) is 1. The predicted molar refractivity (Wildman–Crippen MR) is 71.6 cm³/mol. The summed E-state index contributed by atoms with van der Waals surface area (Å²) in [6.45, 7) is 17.8. The van der Waals surface area contributed by atoms with Crippen LogP contribution in [0.2, 0.25) is 0 Å². The van der Waals surface area contributed by atoms with Crippen LogP contribution in [0.5, 0.6) is 0 Å². The van der Waals surface area contributed by atoms with Crippen molar-refractivity contribution in [1.29, 1.82) is 0 Å². The molecule has 1 aliphatic heterocycles.